The first kappa shape index (κ1) is 11.8. The van der Waals surface area contributed by atoms with E-state index in [1.165, 1.54) is 0 Å². The number of benzene rings is 2. The summed E-state index contributed by atoms with van der Waals surface area (Å²) in [5.41, 5.74) is 1.47. The summed E-state index contributed by atoms with van der Waals surface area (Å²) < 4.78 is 0. The number of hydrogen-bond donors (Lipinski definition) is 0. The summed E-state index contributed by atoms with van der Waals surface area (Å²) in [4.78, 5) is 11.8. The van der Waals surface area contributed by atoms with E-state index in [0.29, 0.717) is 0 Å². The van der Waals surface area contributed by atoms with Gasteiger partial charge in [0.1, 0.15) is 0 Å². The molecule has 0 saturated heterocycles. The van der Waals surface area contributed by atoms with Crippen molar-refractivity contribution in [2.75, 3.05) is 0 Å². The fourth-order valence-electron chi connectivity index (χ4n) is 1.35. The molecule has 70 valence electrons. The fraction of sp³-hybridized carbons (Fsp3) is 0. The minimum absolute atomic E-state index is 0. The summed E-state index contributed by atoms with van der Waals surface area (Å²) in [7, 11) is 0. The maximum absolute atomic E-state index is 11.8. The molecule has 0 heterocycles. The summed E-state index contributed by atoms with van der Waals surface area (Å²) in [5, 5.41) is 0. The van der Waals surface area contributed by atoms with Crippen LogP contribution in [0.25, 0.3) is 0 Å². The molecule has 2 aromatic rings. The molecule has 0 spiro atoms. The van der Waals surface area contributed by atoms with Gasteiger partial charge in [0, 0.05) is 30.6 Å². The van der Waals surface area contributed by atoms with Gasteiger partial charge in [0.05, 0.1) is 0 Å². The molecule has 2 aromatic carbocycles. The first-order valence-corrected chi connectivity index (χ1v) is 4.53. The van der Waals surface area contributed by atoms with Crippen molar-refractivity contribution in [1.82, 2.24) is 0 Å². The third kappa shape index (κ3) is 2.84. The average molecular weight is 248 g/mol. The summed E-state index contributed by atoms with van der Waals surface area (Å²) in [6, 6.07) is 18.6. The van der Waals surface area contributed by atoms with Gasteiger partial charge >= 0.3 is 0 Å². The molecule has 0 radical (unpaired) electrons. The van der Waals surface area contributed by atoms with Crippen LogP contribution in [0.15, 0.2) is 60.7 Å². The number of hydrogen-bond acceptors (Lipinski definition) is 1. The molecule has 0 aliphatic heterocycles. The van der Waals surface area contributed by atoms with Crippen LogP contribution in [-0.2, 0) is 19.5 Å². The third-order valence-corrected chi connectivity index (χ3v) is 2.07. The Labute approximate surface area is 102 Å². The SMILES string of the molecule is O=C(c1ccccc1)c1ccccc1.[Zn]. The van der Waals surface area contributed by atoms with Crippen LogP contribution in [0.1, 0.15) is 15.9 Å². The third-order valence-electron chi connectivity index (χ3n) is 2.07. The number of carbonyl (C=O) groups is 1. The van der Waals surface area contributed by atoms with Crippen molar-refractivity contribution in [1.29, 1.82) is 0 Å². The van der Waals surface area contributed by atoms with Gasteiger partial charge in [0.25, 0.3) is 0 Å². The molecular weight excluding hydrogens is 238 g/mol. The molecule has 1 nitrogen and oxygen atoms in total. The number of carbonyl (C=O) groups excluding carboxylic acids is 1. The average Bonchev–Trinajstić information content (AvgIpc) is 2.30. The maximum Gasteiger partial charge on any atom is 0.193 e. The Bertz CT molecular complexity index is 381. The Kier molecular flexibility index (Phi) is 4.39. The number of ketones is 1. The van der Waals surface area contributed by atoms with Gasteiger partial charge in [-0.3, -0.25) is 4.79 Å². The predicted molar refractivity (Wildman–Crippen MR) is 56.3 cm³/mol. The summed E-state index contributed by atoms with van der Waals surface area (Å²) >= 11 is 0. The van der Waals surface area contributed by atoms with Crippen LogP contribution < -0.4 is 0 Å². The summed E-state index contributed by atoms with van der Waals surface area (Å²) in [5.74, 6) is 0.0752. The van der Waals surface area contributed by atoms with Crippen molar-refractivity contribution in [2.45, 2.75) is 0 Å². The summed E-state index contributed by atoms with van der Waals surface area (Å²) in [6.07, 6.45) is 0. The molecule has 0 atom stereocenters. The second-order valence-corrected chi connectivity index (χ2v) is 3.06. The standard InChI is InChI=1S/C13H10O.Zn/c14-13(11-7-3-1-4-8-11)12-9-5-2-6-10-12;/h1-10H;. The minimum Gasteiger partial charge on any atom is -0.289 e. The Morgan fingerprint density at radius 3 is 1.33 bits per heavy atom. The maximum atomic E-state index is 11.8. The molecule has 0 fully saturated rings. The molecular formula is C13H10OZn. The zero-order valence-electron chi connectivity index (χ0n) is 8.39. The van der Waals surface area contributed by atoms with Crippen LogP contribution >= 0.6 is 0 Å². The fourth-order valence-corrected chi connectivity index (χ4v) is 1.35. The predicted octanol–water partition coefficient (Wildman–Crippen LogP) is 2.92. The first-order valence-electron chi connectivity index (χ1n) is 4.53. The van der Waals surface area contributed by atoms with Crippen LogP contribution in [0, 0.1) is 0 Å². The minimum atomic E-state index is 0. The van der Waals surface area contributed by atoms with Crippen molar-refractivity contribution in [3.63, 3.8) is 0 Å². The van der Waals surface area contributed by atoms with Gasteiger partial charge in [-0.2, -0.15) is 0 Å². The van der Waals surface area contributed by atoms with Crippen molar-refractivity contribution < 1.29 is 24.3 Å². The van der Waals surface area contributed by atoms with E-state index in [0.717, 1.165) is 11.1 Å². The molecule has 0 bridgehead atoms. The van der Waals surface area contributed by atoms with E-state index < -0.39 is 0 Å². The van der Waals surface area contributed by atoms with E-state index in [2.05, 4.69) is 0 Å². The van der Waals surface area contributed by atoms with E-state index in [-0.39, 0.29) is 25.3 Å². The monoisotopic (exact) mass is 246 g/mol. The zero-order valence-corrected chi connectivity index (χ0v) is 11.4. The molecule has 0 aliphatic rings. The molecule has 0 aromatic heterocycles. The Morgan fingerprint density at radius 2 is 1.00 bits per heavy atom. The van der Waals surface area contributed by atoms with Crippen molar-refractivity contribution in [3.05, 3.63) is 71.8 Å². The van der Waals surface area contributed by atoms with Crippen molar-refractivity contribution in [3.8, 4) is 0 Å². The largest absolute Gasteiger partial charge is 0.289 e. The van der Waals surface area contributed by atoms with E-state index in [4.69, 9.17) is 0 Å². The van der Waals surface area contributed by atoms with Gasteiger partial charge in [0.15, 0.2) is 5.78 Å². The Morgan fingerprint density at radius 1 is 0.667 bits per heavy atom. The second-order valence-electron chi connectivity index (χ2n) is 3.06. The van der Waals surface area contributed by atoms with Gasteiger partial charge in [0.2, 0.25) is 0 Å². The van der Waals surface area contributed by atoms with Crippen LogP contribution in [-0.4, -0.2) is 5.78 Å². The van der Waals surface area contributed by atoms with Crippen LogP contribution in [0.2, 0.25) is 0 Å². The molecule has 0 N–H and O–H groups in total. The van der Waals surface area contributed by atoms with Gasteiger partial charge in [-0.25, -0.2) is 0 Å². The van der Waals surface area contributed by atoms with Gasteiger partial charge in [-0.1, -0.05) is 60.7 Å². The molecule has 0 saturated carbocycles. The van der Waals surface area contributed by atoms with E-state index in [1.54, 1.807) is 0 Å². The van der Waals surface area contributed by atoms with E-state index >= 15 is 0 Å². The molecule has 15 heavy (non-hydrogen) atoms. The van der Waals surface area contributed by atoms with Crippen LogP contribution in [0.5, 0.6) is 0 Å². The summed E-state index contributed by atoms with van der Waals surface area (Å²) in [6.45, 7) is 0. The molecule has 0 unspecified atom stereocenters. The Hall–Kier alpha value is -1.27. The molecule has 0 amide bonds. The van der Waals surface area contributed by atoms with Crippen molar-refractivity contribution in [2.24, 2.45) is 0 Å². The van der Waals surface area contributed by atoms with Crippen LogP contribution in [0.4, 0.5) is 0 Å². The van der Waals surface area contributed by atoms with Gasteiger partial charge in [-0.05, 0) is 0 Å². The smallest absolute Gasteiger partial charge is 0.193 e. The topological polar surface area (TPSA) is 17.1 Å². The normalized spacial score (nSPS) is 9.07. The van der Waals surface area contributed by atoms with Crippen LogP contribution in [0.3, 0.4) is 0 Å². The Balaban J connectivity index is 0.00000112. The quantitative estimate of drug-likeness (QED) is 0.589. The second kappa shape index (κ2) is 5.57. The molecule has 0 aliphatic carbocycles. The molecule has 2 heteroatoms. The first-order chi connectivity index (χ1) is 6.88. The van der Waals surface area contributed by atoms with Crippen molar-refractivity contribution >= 4 is 5.78 Å². The number of rotatable bonds is 2. The van der Waals surface area contributed by atoms with Gasteiger partial charge in [-0.15, -0.1) is 0 Å². The molecule has 2 rings (SSSR count). The van der Waals surface area contributed by atoms with E-state index in [9.17, 15) is 4.79 Å². The zero-order chi connectivity index (χ0) is 9.80. The van der Waals surface area contributed by atoms with Gasteiger partial charge < -0.3 is 0 Å². The van der Waals surface area contributed by atoms with E-state index in [1.807, 2.05) is 60.7 Å².